The van der Waals surface area contributed by atoms with E-state index in [4.69, 9.17) is 32.7 Å². The maximum Gasteiger partial charge on any atom is 0.523 e. The Bertz CT molecular complexity index is 2390. The van der Waals surface area contributed by atoms with Crippen molar-refractivity contribution in [3.63, 3.8) is 0 Å². The molecule has 2 N–H and O–H groups in total. The number of amides is 1. The van der Waals surface area contributed by atoms with Crippen LogP contribution in [0.15, 0.2) is 90.0 Å². The second-order valence-electron chi connectivity index (χ2n) is 15.9. The van der Waals surface area contributed by atoms with E-state index in [9.17, 15) is 28.0 Å². The molecule has 6 rings (SSSR count). The molecule has 0 aliphatic carbocycles. The number of rotatable bonds is 20. The Kier molecular flexibility index (Phi) is 16.0. The van der Waals surface area contributed by atoms with Crippen molar-refractivity contribution in [1.82, 2.24) is 24.2 Å². The van der Waals surface area contributed by atoms with Gasteiger partial charge in [-0.2, -0.15) is 10.2 Å². The Morgan fingerprint density at radius 1 is 0.923 bits per heavy atom. The van der Waals surface area contributed by atoms with Gasteiger partial charge in [-0.3, -0.25) is 29.2 Å². The smallest absolute Gasteiger partial charge is 0.497 e. The Balaban J connectivity index is 1.55. The summed E-state index contributed by atoms with van der Waals surface area (Å²) in [5, 5.41) is 12.0. The van der Waals surface area contributed by atoms with Crippen molar-refractivity contribution in [3.8, 4) is 17.6 Å². The van der Waals surface area contributed by atoms with Crippen molar-refractivity contribution in [2.75, 3.05) is 32.8 Å². The predicted octanol–water partition coefficient (Wildman–Crippen LogP) is 8.20. The van der Waals surface area contributed by atoms with E-state index in [1.54, 1.807) is 52.3 Å². The molecule has 1 unspecified atom stereocenters. The van der Waals surface area contributed by atoms with Crippen molar-refractivity contribution in [1.29, 1.82) is 5.26 Å². The minimum Gasteiger partial charge on any atom is -0.497 e. The third-order valence-electron chi connectivity index (χ3n) is 10.5. The van der Waals surface area contributed by atoms with Crippen LogP contribution in [0, 0.1) is 17.2 Å². The lowest BCUT2D eigenvalue weighted by Crippen LogP contribution is -2.44. The zero-order chi connectivity index (χ0) is 47.1. The lowest BCUT2D eigenvalue weighted by molar-refractivity contribution is -0.355. The predicted molar refractivity (Wildman–Crippen MR) is 235 cm³/mol. The third-order valence-corrected chi connectivity index (χ3v) is 12.7. The Labute approximate surface area is 375 Å². The topological polar surface area (TPSA) is 184 Å². The van der Waals surface area contributed by atoms with Crippen LogP contribution in [0.5, 0.6) is 11.5 Å². The number of carbonyl (C=O) groups is 1. The van der Waals surface area contributed by atoms with Crippen molar-refractivity contribution >= 4 is 31.5 Å². The number of carbonyl (C=O) groups excluding carboxylic acids is 1. The summed E-state index contributed by atoms with van der Waals surface area (Å²) in [7, 11) is 0.878. The van der Waals surface area contributed by atoms with Crippen LogP contribution in [0.1, 0.15) is 70.9 Å². The normalized spacial score (nSPS) is 18.4. The van der Waals surface area contributed by atoms with Crippen LogP contribution in [-0.4, -0.2) is 94.3 Å². The molecule has 16 nitrogen and oxygen atoms in total. The number of aromatic amines is 1. The van der Waals surface area contributed by atoms with Gasteiger partial charge >= 0.3 is 6.36 Å². The number of methoxy groups -OCH3 is 2. The van der Waals surface area contributed by atoms with Gasteiger partial charge in [0.2, 0.25) is 11.9 Å². The van der Waals surface area contributed by atoms with Gasteiger partial charge in [-0.15, -0.1) is 13.2 Å². The zero-order valence-corrected chi connectivity index (χ0v) is 38.1. The van der Waals surface area contributed by atoms with E-state index >= 15 is 0 Å². The molecule has 1 saturated heterocycles. The Hall–Kier alpha value is -5.45. The first-order valence-electron chi connectivity index (χ1n) is 20.9. The molecule has 348 valence electrons. The molecular weight excluding hydrogens is 871 g/mol. The first-order chi connectivity index (χ1) is 31.0. The number of benzene rings is 3. The SMILES string of the molecule is COc1ccc(C(OC[C@H]2O[C@@H](n3cnc4c(=O)[nH]c(NC(=O)C(C)C)nc43)[C@H](OC(F)(F)F)[C@@H]2OP(OCCC#N)N(C(C)C)C(C)C)(c2ccccc2)c2ccc(OC)cc2)cc1. The summed E-state index contributed by atoms with van der Waals surface area (Å²) in [6.45, 7) is 10.3. The number of anilines is 1. The highest BCUT2D eigenvalue weighted by atomic mass is 31.2. The largest absolute Gasteiger partial charge is 0.523 e. The number of alkyl halides is 3. The second-order valence-corrected chi connectivity index (χ2v) is 17.3. The monoisotopic (exact) mass is 923 g/mol. The summed E-state index contributed by atoms with van der Waals surface area (Å²) < 4.78 is 90.2. The second kappa shape index (κ2) is 21.2. The minimum atomic E-state index is -5.25. The number of hydrogen-bond donors (Lipinski definition) is 2. The molecule has 2 aromatic heterocycles. The average Bonchev–Trinajstić information content (AvgIpc) is 3.84. The van der Waals surface area contributed by atoms with Crippen molar-refractivity contribution < 1.29 is 50.7 Å². The summed E-state index contributed by atoms with van der Waals surface area (Å²) in [6.07, 6.45) is -10.8. The number of aromatic nitrogens is 4. The van der Waals surface area contributed by atoms with Crippen LogP contribution in [-0.2, 0) is 33.7 Å². The molecule has 1 fully saturated rings. The first-order valence-corrected chi connectivity index (χ1v) is 22.1. The molecule has 1 aliphatic heterocycles. The van der Waals surface area contributed by atoms with Crippen LogP contribution in [0.3, 0.4) is 0 Å². The highest BCUT2D eigenvalue weighted by Gasteiger charge is 2.55. The van der Waals surface area contributed by atoms with Gasteiger partial charge in [-0.05, 0) is 68.7 Å². The third kappa shape index (κ3) is 11.2. The summed E-state index contributed by atoms with van der Waals surface area (Å²) >= 11 is 0. The first kappa shape index (κ1) is 49.0. The van der Waals surface area contributed by atoms with Crippen molar-refractivity contribution in [2.45, 2.75) is 96.6 Å². The number of nitrogens with one attached hydrogen (secondary N) is 2. The molecule has 0 radical (unpaired) electrons. The fourth-order valence-electron chi connectivity index (χ4n) is 7.59. The standard InChI is InChI=1S/C45H53F3N7O9P/c1-27(2)40(56)52-43-51-39-36(41(57)53-43)50-26-54(39)42-38(63-45(46,47)48)37(64-65(61-24-12-23-49)55(28(3)4)29(5)6)35(62-42)25-60-44(30-13-10-9-11-14-30,31-15-19-33(58-7)20-16-31)32-17-21-34(59-8)22-18-32/h9-11,13-22,26-29,35,37-38,42H,12,24-25H2,1-8H3,(H2,51,52,53,56,57)/t35-,37-,38-,42-,65?/m1/s1. The fraction of sp³-hybridized carbons (Fsp3) is 0.444. The highest BCUT2D eigenvalue weighted by Crippen LogP contribution is 2.52. The van der Waals surface area contributed by atoms with Crippen LogP contribution in [0.2, 0.25) is 0 Å². The number of nitriles is 1. The van der Waals surface area contributed by atoms with E-state index in [0.717, 1.165) is 10.9 Å². The number of nitrogens with zero attached hydrogens (tertiary/aromatic N) is 5. The van der Waals surface area contributed by atoms with E-state index < -0.39 is 69.0 Å². The molecule has 5 atom stereocenters. The molecule has 1 amide bonds. The zero-order valence-electron chi connectivity index (χ0n) is 37.2. The van der Waals surface area contributed by atoms with E-state index in [-0.39, 0.29) is 42.2 Å². The molecule has 0 bridgehead atoms. The summed E-state index contributed by atoms with van der Waals surface area (Å²) in [6, 6.07) is 25.3. The summed E-state index contributed by atoms with van der Waals surface area (Å²) in [5.41, 5.74) is -0.718. The number of hydrogen-bond acceptors (Lipinski definition) is 13. The fourth-order valence-corrected chi connectivity index (χ4v) is 9.35. The maximum atomic E-state index is 14.8. The number of H-pyrrole nitrogens is 1. The Morgan fingerprint density at radius 3 is 2.03 bits per heavy atom. The summed E-state index contributed by atoms with van der Waals surface area (Å²) in [5.74, 6) is -0.0795. The molecule has 0 saturated carbocycles. The molecular formula is C45H53F3N7O9P. The number of halogens is 3. The number of ether oxygens (including phenoxy) is 5. The number of imidazole rings is 1. The molecule has 3 aromatic carbocycles. The molecule has 20 heteroatoms. The van der Waals surface area contributed by atoms with Gasteiger partial charge in [0.05, 0.1) is 46.3 Å². The van der Waals surface area contributed by atoms with Gasteiger partial charge in [-0.25, -0.2) is 9.65 Å². The van der Waals surface area contributed by atoms with Crippen molar-refractivity contribution in [2.24, 2.45) is 5.92 Å². The van der Waals surface area contributed by atoms with E-state index in [0.29, 0.717) is 28.2 Å². The molecule has 5 aromatic rings. The van der Waals surface area contributed by atoms with Gasteiger partial charge in [-0.1, -0.05) is 68.4 Å². The Morgan fingerprint density at radius 2 is 1.51 bits per heavy atom. The van der Waals surface area contributed by atoms with E-state index in [2.05, 4.69) is 20.3 Å². The van der Waals surface area contributed by atoms with E-state index in [1.807, 2.05) is 93.0 Å². The maximum absolute atomic E-state index is 14.8. The van der Waals surface area contributed by atoms with E-state index in [1.165, 1.54) is 0 Å². The van der Waals surface area contributed by atoms with Crippen LogP contribution in [0.25, 0.3) is 11.2 Å². The lowest BCUT2D eigenvalue weighted by atomic mass is 9.80. The lowest BCUT2D eigenvalue weighted by Gasteiger charge is -2.39. The van der Waals surface area contributed by atoms with Crippen molar-refractivity contribution in [3.05, 3.63) is 112 Å². The quantitative estimate of drug-likeness (QED) is 0.0433. The molecule has 3 heterocycles. The highest BCUT2D eigenvalue weighted by molar-refractivity contribution is 7.44. The molecule has 0 spiro atoms. The van der Waals surface area contributed by atoms with Gasteiger partial charge in [0, 0.05) is 18.0 Å². The van der Waals surface area contributed by atoms with Gasteiger partial charge in [0.1, 0.15) is 35.4 Å². The summed E-state index contributed by atoms with van der Waals surface area (Å²) in [4.78, 5) is 37.0. The molecule has 1 aliphatic rings. The van der Waals surface area contributed by atoms with Crippen LogP contribution in [0.4, 0.5) is 19.1 Å². The van der Waals surface area contributed by atoms with Crippen LogP contribution < -0.4 is 20.3 Å². The van der Waals surface area contributed by atoms with Gasteiger partial charge < -0.3 is 28.0 Å². The molecule has 65 heavy (non-hydrogen) atoms. The van der Waals surface area contributed by atoms with Gasteiger partial charge in [0.15, 0.2) is 17.4 Å². The van der Waals surface area contributed by atoms with Crippen LogP contribution >= 0.6 is 8.53 Å². The van der Waals surface area contributed by atoms with Gasteiger partial charge in [0.25, 0.3) is 14.1 Å². The minimum absolute atomic E-state index is 0.0225. The average molecular weight is 924 g/mol. The number of fused-ring (bicyclic) bond motifs is 1.